The molecule has 4 rings (SSSR count). The van der Waals surface area contributed by atoms with Crippen LogP contribution in [0.4, 0.5) is 13.2 Å². The van der Waals surface area contributed by atoms with Gasteiger partial charge in [-0.05, 0) is 67.6 Å². The first-order valence-corrected chi connectivity index (χ1v) is 7.77. The van der Waals surface area contributed by atoms with Gasteiger partial charge in [-0.1, -0.05) is 6.92 Å². The zero-order valence-electron chi connectivity index (χ0n) is 12.1. The van der Waals surface area contributed by atoms with Gasteiger partial charge in [-0.3, -0.25) is 11.3 Å². The van der Waals surface area contributed by atoms with Crippen LogP contribution in [0.15, 0.2) is 0 Å². The fraction of sp³-hybridized carbons (Fsp3) is 1.00. The Balaban J connectivity index is 1.77. The average Bonchev–Trinajstić information content (AvgIpc) is 2.23. The predicted octanol–water partition coefficient (Wildman–Crippen LogP) is 3.77. The highest BCUT2D eigenvalue weighted by atomic mass is 19.4. The van der Waals surface area contributed by atoms with Gasteiger partial charge < -0.3 is 0 Å². The molecule has 20 heavy (non-hydrogen) atoms. The van der Waals surface area contributed by atoms with Crippen LogP contribution in [-0.4, -0.2) is 12.2 Å². The molecule has 0 radical (unpaired) electrons. The minimum atomic E-state index is -4.08. The zero-order chi connectivity index (χ0) is 14.6. The van der Waals surface area contributed by atoms with E-state index in [4.69, 9.17) is 5.84 Å². The molecule has 4 fully saturated rings. The normalized spacial score (nSPS) is 44.9. The van der Waals surface area contributed by atoms with Crippen molar-refractivity contribution >= 4 is 0 Å². The number of hydrogen-bond acceptors (Lipinski definition) is 2. The highest BCUT2D eigenvalue weighted by Crippen LogP contribution is 2.66. The van der Waals surface area contributed by atoms with Gasteiger partial charge in [0, 0.05) is 12.5 Å². The van der Waals surface area contributed by atoms with Crippen LogP contribution in [0.25, 0.3) is 0 Å². The van der Waals surface area contributed by atoms with Crippen LogP contribution < -0.4 is 11.3 Å². The van der Waals surface area contributed by atoms with Crippen molar-refractivity contribution in [1.29, 1.82) is 0 Å². The molecule has 0 aliphatic heterocycles. The molecule has 0 spiro atoms. The first kappa shape index (κ1) is 14.6. The van der Waals surface area contributed by atoms with E-state index in [1.807, 2.05) is 0 Å². The maximum atomic E-state index is 12.5. The van der Waals surface area contributed by atoms with Gasteiger partial charge in [0.1, 0.15) is 0 Å². The molecule has 0 amide bonds. The van der Waals surface area contributed by atoms with Crippen molar-refractivity contribution in [3.8, 4) is 0 Å². The van der Waals surface area contributed by atoms with E-state index in [1.165, 1.54) is 19.3 Å². The van der Waals surface area contributed by atoms with Gasteiger partial charge in [0.05, 0.1) is 0 Å². The molecule has 4 aliphatic rings. The molecular formula is C15H25F3N2. The summed E-state index contributed by atoms with van der Waals surface area (Å²) >= 11 is 0. The Bertz CT molecular complexity index is 366. The maximum absolute atomic E-state index is 12.5. The summed E-state index contributed by atoms with van der Waals surface area (Å²) < 4.78 is 37.6. The van der Waals surface area contributed by atoms with E-state index < -0.39 is 12.6 Å². The molecule has 4 saturated carbocycles. The number of hydrazine groups is 1. The molecule has 4 aliphatic carbocycles. The molecule has 3 unspecified atom stereocenters. The molecule has 2 nitrogen and oxygen atoms in total. The van der Waals surface area contributed by atoms with E-state index in [9.17, 15) is 13.2 Å². The smallest absolute Gasteiger partial charge is 0.271 e. The topological polar surface area (TPSA) is 38.0 Å². The Labute approximate surface area is 118 Å². The second-order valence-corrected chi connectivity index (χ2v) is 8.01. The molecule has 116 valence electrons. The third kappa shape index (κ3) is 2.59. The second kappa shape index (κ2) is 4.60. The Morgan fingerprint density at radius 3 is 2.25 bits per heavy atom. The standard InChI is InChI=1S/C15H25F3N2/c1-13-5-10-4-11(6-13)8-14(7-10,9-13)12(20-19)2-3-15(16,17)18/h10-12,20H,2-9,19H2,1H3. The molecule has 3 N–H and O–H groups in total. The van der Waals surface area contributed by atoms with Crippen LogP contribution in [0.2, 0.25) is 0 Å². The second-order valence-electron chi connectivity index (χ2n) is 8.01. The highest BCUT2D eigenvalue weighted by molar-refractivity contribution is 5.09. The fourth-order valence-electron chi connectivity index (χ4n) is 6.08. The van der Waals surface area contributed by atoms with E-state index in [2.05, 4.69) is 12.3 Å². The maximum Gasteiger partial charge on any atom is 0.389 e. The molecule has 3 atom stereocenters. The van der Waals surface area contributed by atoms with Gasteiger partial charge in [-0.25, -0.2) is 0 Å². The summed E-state index contributed by atoms with van der Waals surface area (Å²) in [7, 11) is 0. The third-order valence-corrected chi connectivity index (χ3v) is 6.06. The predicted molar refractivity (Wildman–Crippen MR) is 71.6 cm³/mol. The lowest BCUT2D eigenvalue weighted by atomic mass is 9.43. The summed E-state index contributed by atoms with van der Waals surface area (Å²) in [6, 6.07) is -0.186. The van der Waals surface area contributed by atoms with E-state index in [0.717, 1.165) is 19.3 Å². The quantitative estimate of drug-likeness (QED) is 0.611. The number of halogens is 3. The van der Waals surface area contributed by atoms with E-state index in [0.29, 0.717) is 17.3 Å². The summed E-state index contributed by atoms with van der Waals surface area (Å²) in [4.78, 5) is 0. The number of nitrogens with one attached hydrogen (secondary N) is 1. The van der Waals surface area contributed by atoms with Gasteiger partial charge in [0.15, 0.2) is 0 Å². The zero-order valence-corrected chi connectivity index (χ0v) is 12.1. The highest BCUT2D eigenvalue weighted by Gasteiger charge is 2.58. The Kier molecular flexibility index (Phi) is 3.37. The number of hydrogen-bond donors (Lipinski definition) is 2. The minimum absolute atomic E-state index is 0.0127. The summed E-state index contributed by atoms with van der Waals surface area (Å²) in [5.74, 6) is 7.07. The van der Waals surface area contributed by atoms with E-state index in [-0.39, 0.29) is 17.9 Å². The van der Waals surface area contributed by atoms with Crippen LogP contribution in [0, 0.1) is 22.7 Å². The first-order chi connectivity index (χ1) is 9.24. The molecule has 4 bridgehead atoms. The lowest BCUT2D eigenvalue weighted by molar-refractivity contribution is -0.149. The SMILES string of the molecule is CC12CC3CC(C1)CC(C(CCC(F)(F)F)NN)(C3)C2. The molecule has 0 aromatic heterocycles. The lowest BCUT2D eigenvalue weighted by Gasteiger charge is -2.63. The molecule has 0 aromatic rings. The van der Waals surface area contributed by atoms with Gasteiger partial charge in [-0.15, -0.1) is 0 Å². The van der Waals surface area contributed by atoms with Crippen LogP contribution in [0.3, 0.4) is 0 Å². The third-order valence-electron chi connectivity index (χ3n) is 6.06. The fourth-order valence-corrected chi connectivity index (χ4v) is 6.08. The Morgan fingerprint density at radius 2 is 1.80 bits per heavy atom. The van der Waals surface area contributed by atoms with Crippen molar-refractivity contribution in [3.63, 3.8) is 0 Å². The summed E-state index contributed by atoms with van der Waals surface area (Å²) in [5, 5.41) is 0. The van der Waals surface area contributed by atoms with Crippen molar-refractivity contribution in [2.24, 2.45) is 28.5 Å². The monoisotopic (exact) mass is 290 g/mol. The van der Waals surface area contributed by atoms with Crippen LogP contribution >= 0.6 is 0 Å². The van der Waals surface area contributed by atoms with Crippen molar-refractivity contribution in [2.45, 2.75) is 70.5 Å². The average molecular weight is 290 g/mol. The van der Waals surface area contributed by atoms with Gasteiger partial charge >= 0.3 is 6.18 Å². The van der Waals surface area contributed by atoms with E-state index >= 15 is 0 Å². The van der Waals surface area contributed by atoms with Crippen molar-refractivity contribution in [3.05, 3.63) is 0 Å². The number of nitrogens with two attached hydrogens (primary N) is 1. The van der Waals surface area contributed by atoms with Gasteiger partial charge in [0.2, 0.25) is 0 Å². The summed E-state index contributed by atoms with van der Waals surface area (Å²) in [6.07, 6.45) is 2.33. The molecule has 5 heteroatoms. The van der Waals surface area contributed by atoms with Crippen molar-refractivity contribution < 1.29 is 13.2 Å². The molecule has 0 saturated heterocycles. The van der Waals surface area contributed by atoms with Crippen LogP contribution in [0.1, 0.15) is 58.3 Å². The number of alkyl halides is 3. The van der Waals surface area contributed by atoms with Crippen molar-refractivity contribution in [2.75, 3.05) is 0 Å². The molecule has 0 heterocycles. The van der Waals surface area contributed by atoms with Crippen LogP contribution in [0.5, 0.6) is 0 Å². The van der Waals surface area contributed by atoms with Gasteiger partial charge in [-0.2, -0.15) is 13.2 Å². The lowest BCUT2D eigenvalue weighted by Crippen LogP contribution is -2.59. The number of rotatable bonds is 4. The van der Waals surface area contributed by atoms with Crippen LogP contribution in [-0.2, 0) is 0 Å². The van der Waals surface area contributed by atoms with Gasteiger partial charge in [0.25, 0.3) is 0 Å². The molecular weight excluding hydrogens is 265 g/mol. The summed E-state index contributed by atoms with van der Waals surface area (Å²) in [5.41, 5.74) is 3.11. The van der Waals surface area contributed by atoms with Crippen molar-refractivity contribution in [1.82, 2.24) is 5.43 Å². The molecule has 0 aromatic carbocycles. The minimum Gasteiger partial charge on any atom is -0.271 e. The Hall–Kier alpha value is -0.290. The summed E-state index contributed by atoms with van der Waals surface area (Å²) in [6.45, 7) is 2.33. The first-order valence-electron chi connectivity index (χ1n) is 7.77. The Morgan fingerprint density at radius 1 is 1.20 bits per heavy atom. The largest absolute Gasteiger partial charge is 0.389 e. The van der Waals surface area contributed by atoms with E-state index in [1.54, 1.807) is 0 Å².